The molecule has 0 radical (unpaired) electrons. The van der Waals surface area contributed by atoms with Crippen molar-refractivity contribution in [2.45, 2.75) is 122 Å². The van der Waals surface area contributed by atoms with Crippen molar-refractivity contribution in [3.8, 4) is 0 Å². The molecule has 2 aliphatic rings. The van der Waals surface area contributed by atoms with E-state index in [0.717, 1.165) is 19.3 Å². The minimum absolute atomic E-state index is 0.0350. The van der Waals surface area contributed by atoms with Crippen molar-refractivity contribution < 1.29 is 0 Å². The first kappa shape index (κ1) is 31.3. The molecule has 2 aliphatic carbocycles. The van der Waals surface area contributed by atoms with E-state index in [-0.39, 0.29) is 5.16 Å². The average molecular weight is 574 g/mol. The van der Waals surface area contributed by atoms with Crippen LogP contribution in [0.3, 0.4) is 0 Å². The Hall–Kier alpha value is -1.68. The highest BCUT2D eigenvalue weighted by molar-refractivity contribution is 7.19. The van der Waals surface area contributed by atoms with Crippen LogP contribution in [0.5, 0.6) is 0 Å². The van der Waals surface area contributed by atoms with E-state index in [1.165, 1.54) is 89.7 Å². The topological polar surface area (TPSA) is 3.24 Å². The summed E-state index contributed by atoms with van der Waals surface area (Å²) in [5, 5.41) is 0.420. The van der Waals surface area contributed by atoms with Crippen LogP contribution >= 0.6 is 18.5 Å². The SMILES string of the molecule is CCc1cc(C)c(CCC2=C(C)C=CC(C)(P)C=C2)cc1N(c1ccccc1C)C1CCCCC(C)(P)CCC1. The molecule has 0 aliphatic heterocycles. The van der Waals surface area contributed by atoms with Gasteiger partial charge in [-0.1, -0.05) is 81.7 Å². The first-order chi connectivity index (χ1) is 19.0. The Morgan fingerprint density at radius 3 is 2.25 bits per heavy atom. The molecule has 0 aromatic heterocycles. The lowest BCUT2D eigenvalue weighted by Gasteiger charge is -2.37. The summed E-state index contributed by atoms with van der Waals surface area (Å²) in [6, 6.07) is 14.7. The summed E-state index contributed by atoms with van der Waals surface area (Å²) in [5.74, 6) is 0. The molecule has 2 aromatic carbocycles. The van der Waals surface area contributed by atoms with Crippen LogP contribution in [0.25, 0.3) is 0 Å². The molecule has 40 heavy (non-hydrogen) atoms. The third-order valence-electron chi connectivity index (χ3n) is 9.24. The van der Waals surface area contributed by atoms with Gasteiger partial charge < -0.3 is 4.90 Å². The molecule has 2 aromatic rings. The summed E-state index contributed by atoms with van der Waals surface area (Å²) in [6.45, 7) is 13.9. The summed E-state index contributed by atoms with van der Waals surface area (Å²) < 4.78 is 0. The Bertz CT molecular complexity index is 1260. The third-order valence-corrected chi connectivity index (χ3v) is 10.2. The second-order valence-corrected chi connectivity index (χ2v) is 15.7. The maximum absolute atomic E-state index is 3.17. The summed E-state index contributed by atoms with van der Waals surface area (Å²) >= 11 is 0. The fraction of sp³-hybridized carbons (Fsp3) is 0.514. The van der Waals surface area contributed by atoms with Crippen LogP contribution in [0.15, 0.2) is 71.8 Å². The zero-order chi connectivity index (χ0) is 28.9. The Balaban J connectivity index is 1.72. The lowest BCUT2D eigenvalue weighted by Crippen LogP contribution is -2.33. The van der Waals surface area contributed by atoms with Crippen LogP contribution in [0.2, 0.25) is 0 Å². The molecule has 5 unspecified atom stereocenters. The normalized spacial score (nSPS) is 25.8. The first-order valence-electron chi connectivity index (χ1n) is 15.6. The van der Waals surface area contributed by atoms with Crippen molar-refractivity contribution in [2.75, 3.05) is 4.90 Å². The molecular weight excluding hydrogens is 520 g/mol. The Kier molecular flexibility index (Phi) is 10.6. The Morgan fingerprint density at radius 1 is 0.800 bits per heavy atom. The van der Waals surface area contributed by atoms with Crippen molar-refractivity contribution in [3.05, 3.63) is 94.1 Å². The molecule has 1 saturated carbocycles. The van der Waals surface area contributed by atoms with Gasteiger partial charge in [0.1, 0.15) is 0 Å². The number of allylic oxidation sites excluding steroid dienone is 6. The second-order valence-electron chi connectivity index (χ2n) is 13.1. The van der Waals surface area contributed by atoms with Gasteiger partial charge in [0.25, 0.3) is 0 Å². The lowest BCUT2D eigenvalue weighted by atomic mass is 9.92. The number of anilines is 2. The van der Waals surface area contributed by atoms with Gasteiger partial charge in [-0.15, -0.1) is 18.5 Å². The zero-order valence-electron chi connectivity index (χ0n) is 26.0. The fourth-order valence-corrected chi connectivity index (χ4v) is 7.14. The van der Waals surface area contributed by atoms with Gasteiger partial charge in [-0.3, -0.25) is 0 Å². The van der Waals surface area contributed by atoms with Crippen molar-refractivity contribution in [3.63, 3.8) is 0 Å². The van der Waals surface area contributed by atoms with Gasteiger partial charge >= 0.3 is 0 Å². The molecule has 5 atom stereocenters. The van der Waals surface area contributed by atoms with Crippen molar-refractivity contribution in [1.82, 2.24) is 0 Å². The van der Waals surface area contributed by atoms with Gasteiger partial charge in [0.2, 0.25) is 0 Å². The molecule has 1 nitrogen and oxygen atoms in total. The molecule has 0 spiro atoms. The minimum Gasteiger partial charge on any atom is -0.338 e. The third kappa shape index (κ3) is 7.99. The van der Waals surface area contributed by atoms with Gasteiger partial charge in [0.05, 0.1) is 0 Å². The zero-order valence-corrected chi connectivity index (χ0v) is 28.3. The van der Waals surface area contributed by atoms with E-state index in [1.807, 2.05) is 0 Å². The Morgan fingerprint density at radius 2 is 1.50 bits per heavy atom. The van der Waals surface area contributed by atoms with Crippen LogP contribution < -0.4 is 4.90 Å². The molecule has 0 amide bonds. The van der Waals surface area contributed by atoms with Crippen LogP contribution in [0.4, 0.5) is 11.4 Å². The summed E-state index contributed by atoms with van der Waals surface area (Å²) in [7, 11) is 6.15. The van der Waals surface area contributed by atoms with E-state index in [4.69, 9.17) is 0 Å². The van der Waals surface area contributed by atoms with Crippen molar-refractivity contribution in [1.29, 1.82) is 0 Å². The number of rotatable bonds is 7. The summed E-state index contributed by atoms with van der Waals surface area (Å²) in [4.78, 5) is 2.76. The van der Waals surface area contributed by atoms with Gasteiger partial charge in [0.15, 0.2) is 0 Å². The summed E-state index contributed by atoms with van der Waals surface area (Å²) in [5.41, 5.74) is 11.4. The number of hydrogen-bond donors (Lipinski definition) is 0. The highest BCUT2D eigenvalue weighted by Crippen LogP contribution is 2.40. The number of para-hydroxylation sites is 1. The van der Waals surface area contributed by atoms with E-state index >= 15 is 0 Å². The van der Waals surface area contributed by atoms with Gasteiger partial charge in [-0.05, 0) is 123 Å². The number of hydrogen-bond acceptors (Lipinski definition) is 1. The minimum atomic E-state index is 0.0350. The van der Waals surface area contributed by atoms with Gasteiger partial charge in [-0.2, -0.15) is 0 Å². The average Bonchev–Trinajstić information content (AvgIpc) is 2.97. The van der Waals surface area contributed by atoms with Crippen molar-refractivity contribution >= 4 is 29.9 Å². The van der Waals surface area contributed by atoms with Crippen LogP contribution in [0.1, 0.15) is 101 Å². The Labute approximate surface area is 250 Å². The second kappa shape index (κ2) is 13.5. The van der Waals surface area contributed by atoms with E-state index in [2.05, 4.69) is 126 Å². The van der Waals surface area contributed by atoms with Crippen molar-refractivity contribution in [2.24, 2.45) is 0 Å². The smallest absolute Gasteiger partial charge is 0.0448 e. The van der Waals surface area contributed by atoms with E-state index in [9.17, 15) is 0 Å². The maximum atomic E-state index is 3.17. The molecule has 0 N–H and O–H groups in total. The predicted molar refractivity (Wildman–Crippen MR) is 186 cm³/mol. The first-order valence-corrected chi connectivity index (χ1v) is 16.8. The standard InChI is InChI=1S/C37H53NP2/c1-7-30-25-29(4)32(18-17-31-20-24-37(6,40)23-19-27(31)2)26-35(30)38(34-16-9-8-13-28(34)3)33-14-10-11-21-36(5,39)22-12-15-33/h8-9,13,16,19-20,23-26,33H,7,10-12,14-15,17-18,21-22,39-40H2,1-6H3. The quantitative estimate of drug-likeness (QED) is 0.298. The van der Waals surface area contributed by atoms with Gasteiger partial charge in [0, 0.05) is 22.6 Å². The summed E-state index contributed by atoms with van der Waals surface area (Å²) in [6.07, 6.45) is 21.5. The van der Waals surface area contributed by atoms with Crippen LogP contribution in [-0.2, 0) is 12.8 Å². The van der Waals surface area contributed by atoms with Crippen LogP contribution in [-0.4, -0.2) is 16.4 Å². The molecule has 3 heteroatoms. The number of benzene rings is 2. The van der Waals surface area contributed by atoms with E-state index in [1.54, 1.807) is 0 Å². The molecule has 1 fully saturated rings. The highest BCUT2D eigenvalue weighted by Gasteiger charge is 2.27. The molecular formula is C37H53NP2. The monoisotopic (exact) mass is 573 g/mol. The maximum Gasteiger partial charge on any atom is 0.0448 e. The molecule has 4 rings (SSSR count). The molecule has 0 heterocycles. The highest BCUT2D eigenvalue weighted by atomic mass is 31.0. The predicted octanol–water partition coefficient (Wildman–Crippen LogP) is 10.8. The fourth-order valence-electron chi connectivity index (χ4n) is 6.54. The largest absolute Gasteiger partial charge is 0.338 e. The lowest BCUT2D eigenvalue weighted by molar-refractivity contribution is 0.501. The number of aryl methyl sites for hydroxylation is 4. The van der Waals surface area contributed by atoms with Crippen LogP contribution in [0, 0.1) is 13.8 Å². The molecule has 0 bridgehead atoms. The number of nitrogens with zero attached hydrogens (tertiary/aromatic N) is 1. The molecule has 0 saturated heterocycles. The van der Waals surface area contributed by atoms with Gasteiger partial charge in [-0.25, -0.2) is 0 Å². The molecule has 216 valence electrons. The van der Waals surface area contributed by atoms with E-state index < -0.39 is 0 Å². The van der Waals surface area contributed by atoms with E-state index in [0.29, 0.717) is 11.2 Å².